The van der Waals surface area contributed by atoms with Gasteiger partial charge in [-0.15, -0.1) is 0 Å². The van der Waals surface area contributed by atoms with Crippen LogP contribution >= 0.6 is 0 Å². The Labute approximate surface area is 121 Å². The summed E-state index contributed by atoms with van der Waals surface area (Å²) in [5, 5.41) is 9.50. The maximum absolute atomic E-state index is 12.4. The van der Waals surface area contributed by atoms with Gasteiger partial charge in [0.05, 0.1) is 29.7 Å². The summed E-state index contributed by atoms with van der Waals surface area (Å²) in [7, 11) is -3.12. The molecule has 1 atom stereocenters. The molecule has 1 N–H and O–H groups in total. The Kier molecular flexibility index (Phi) is 4.76. The van der Waals surface area contributed by atoms with Gasteiger partial charge in [0.1, 0.15) is 5.60 Å². The standard InChI is InChI=1S/C13H25NO5S/c1-12(2,3)19-11(16)14(13(4,5)9-15)10-6-7-20(17,18)8-10/h10,15H,6-9H2,1-5H3. The summed E-state index contributed by atoms with van der Waals surface area (Å²) >= 11 is 0. The van der Waals surface area contributed by atoms with E-state index >= 15 is 0 Å². The van der Waals surface area contributed by atoms with Crippen molar-refractivity contribution in [3.63, 3.8) is 0 Å². The Bertz CT molecular complexity index is 464. The van der Waals surface area contributed by atoms with Crippen LogP contribution in [0.15, 0.2) is 0 Å². The second-order valence-electron chi connectivity index (χ2n) is 6.88. The average molecular weight is 307 g/mol. The number of hydrogen-bond acceptors (Lipinski definition) is 5. The molecule has 0 bridgehead atoms. The van der Waals surface area contributed by atoms with Crippen LogP contribution in [0.4, 0.5) is 4.79 Å². The van der Waals surface area contributed by atoms with Crippen molar-refractivity contribution < 1.29 is 23.1 Å². The van der Waals surface area contributed by atoms with Gasteiger partial charge in [-0.25, -0.2) is 13.2 Å². The van der Waals surface area contributed by atoms with E-state index in [1.807, 2.05) is 0 Å². The second-order valence-corrected chi connectivity index (χ2v) is 9.11. The fourth-order valence-electron chi connectivity index (χ4n) is 2.26. The van der Waals surface area contributed by atoms with E-state index in [4.69, 9.17) is 4.74 Å². The normalized spacial score (nSPS) is 22.6. The number of nitrogens with zero attached hydrogens (tertiary/aromatic N) is 1. The zero-order valence-electron chi connectivity index (χ0n) is 12.8. The monoisotopic (exact) mass is 307 g/mol. The first kappa shape index (κ1) is 17.2. The first-order chi connectivity index (χ1) is 8.88. The lowest BCUT2D eigenvalue weighted by Crippen LogP contribution is -2.56. The summed E-state index contributed by atoms with van der Waals surface area (Å²) in [6.45, 7) is 8.38. The highest BCUT2D eigenvalue weighted by atomic mass is 32.2. The molecule has 1 amide bonds. The van der Waals surface area contributed by atoms with Gasteiger partial charge in [0.15, 0.2) is 9.84 Å². The number of aliphatic hydroxyl groups excluding tert-OH is 1. The number of hydrogen-bond donors (Lipinski definition) is 1. The summed E-state index contributed by atoms with van der Waals surface area (Å²) in [5.41, 5.74) is -1.54. The molecule has 118 valence electrons. The lowest BCUT2D eigenvalue weighted by Gasteiger charge is -2.41. The summed E-state index contributed by atoms with van der Waals surface area (Å²) < 4.78 is 28.6. The zero-order chi connectivity index (χ0) is 15.8. The predicted octanol–water partition coefficient (Wildman–Crippen LogP) is 1.18. The molecule has 1 heterocycles. The molecule has 0 radical (unpaired) electrons. The average Bonchev–Trinajstić information content (AvgIpc) is 2.55. The molecule has 1 saturated heterocycles. The van der Waals surface area contributed by atoms with Crippen LogP contribution in [0.5, 0.6) is 0 Å². The zero-order valence-corrected chi connectivity index (χ0v) is 13.7. The number of carbonyl (C=O) groups excluding carboxylic acids is 1. The summed E-state index contributed by atoms with van der Waals surface area (Å²) in [4.78, 5) is 13.7. The first-order valence-electron chi connectivity index (χ1n) is 6.71. The summed E-state index contributed by atoms with van der Waals surface area (Å²) in [5.74, 6) is -0.00581. The molecule has 1 aliphatic rings. The van der Waals surface area contributed by atoms with Gasteiger partial charge in [-0.3, -0.25) is 4.90 Å². The molecule has 0 aromatic heterocycles. The highest BCUT2D eigenvalue weighted by molar-refractivity contribution is 7.91. The van der Waals surface area contributed by atoms with E-state index in [-0.39, 0.29) is 18.1 Å². The number of ether oxygens (including phenoxy) is 1. The molecule has 0 aliphatic carbocycles. The molecule has 20 heavy (non-hydrogen) atoms. The van der Waals surface area contributed by atoms with Crippen LogP contribution in [-0.2, 0) is 14.6 Å². The molecule has 0 aromatic carbocycles. The van der Waals surface area contributed by atoms with E-state index in [0.717, 1.165) is 0 Å². The Hall–Kier alpha value is -0.820. The lowest BCUT2D eigenvalue weighted by atomic mass is 10.0. The first-order valence-corrected chi connectivity index (χ1v) is 8.54. The SMILES string of the molecule is CC(C)(C)OC(=O)N(C1CCS(=O)(=O)C1)C(C)(C)CO. The van der Waals surface area contributed by atoms with Crippen LogP contribution in [-0.4, -0.2) is 59.8 Å². The number of rotatable bonds is 3. The molecule has 0 aromatic rings. The van der Waals surface area contributed by atoms with Crippen molar-refractivity contribution in [1.29, 1.82) is 0 Å². The van der Waals surface area contributed by atoms with Gasteiger partial charge in [-0.05, 0) is 41.0 Å². The number of aliphatic hydroxyl groups is 1. The van der Waals surface area contributed by atoms with Crippen molar-refractivity contribution in [2.75, 3.05) is 18.1 Å². The van der Waals surface area contributed by atoms with Crippen molar-refractivity contribution in [3.05, 3.63) is 0 Å². The number of carbonyl (C=O) groups is 1. The Morgan fingerprint density at radius 1 is 1.30 bits per heavy atom. The van der Waals surface area contributed by atoms with Crippen LogP contribution in [0.2, 0.25) is 0 Å². The van der Waals surface area contributed by atoms with Crippen LogP contribution < -0.4 is 0 Å². The summed E-state index contributed by atoms with van der Waals surface area (Å²) in [6, 6.07) is -0.447. The van der Waals surface area contributed by atoms with E-state index in [0.29, 0.717) is 6.42 Å². The van der Waals surface area contributed by atoms with Gasteiger partial charge in [0.2, 0.25) is 0 Å². The molecule has 1 unspecified atom stereocenters. The fraction of sp³-hybridized carbons (Fsp3) is 0.923. The van der Waals surface area contributed by atoms with E-state index in [2.05, 4.69) is 0 Å². The lowest BCUT2D eigenvalue weighted by molar-refractivity contribution is -0.0211. The molecule has 0 saturated carbocycles. The highest BCUT2D eigenvalue weighted by Gasteiger charge is 2.43. The van der Waals surface area contributed by atoms with Gasteiger partial charge >= 0.3 is 6.09 Å². The van der Waals surface area contributed by atoms with Crippen molar-refractivity contribution >= 4 is 15.9 Å². The molecule has 6 nitrogen and oxygen atoms in total. The van der Waals surface area contributed by atoms with Crippen LogP contribution in [0.25, 0.3) is 0 Å². The molecular weight excluding hydrogens is 282 g/mol. The number of amides is 1. The highest BCUT2D eigenvalue weighted by Crippen LogP contribution is 2.27. The minimum atomic E-state index is -3.12. The van der Waals surface area contributed by atoms with Gasteiger partial charge in [0, 0.05) is 0 Å². The summed E-state index contributed by atoms with van der Waals surface area (Å²) in [6.07, 6.45) is -0.205. The van der Waals surface area contributed by atoms with Crippen LogP contribution in [0.1, 0.15) is 41.0 Å². The van der Waals surface area contributed by atoms with Gasteiger partial charge in [0.25, 0.3) is 0 Å². The van der Waals surface area contributed by atoms with E-state index in [1.165, 1.54) is 4.90 Å². The minimum Gasteiger partial charge on any atom is -0.444 e. The Morgan fingerprint density at radius 2 is 1.85 bits per heavy atom. The maximum Gasteiger partial charge on any atom is 0.411 e. The van der Waals surface area contributed by atoms with Gasteiger partial charge < -0.3 is 9.84 Å². The van der Waals surface area contributed by atoms with Crippen LogP contribution in [0, 0.1) is 0 Å². The predicted molar refractivity (Wildman–Crippen MR) is 76.3 cm³/mol. The van der Waals surface area contributed by atoms with Crippen molar-refractivity contribution in [3.8, 4) is 0 Å². The Morgan fingerprint density at radius 3 is 2.20 bits per heavy atom. The topological polar surface area (TPSA) is 83.9 Å². The molecule has 1 fully saturated rings. The van der Waals surface area contributed by atoms with Gasteiger partial charge in [-0.1, -0.05) is 0 Å². The van der Waals surface area contributed by atoms with Crippen molar-refractivity contribution in [2.24, 2.45) is 0 Å². The van der Waals surface area contributed by atoms with Gasteiger partial charge in [-0.2, -0.15) is 0 Å². The molecule has 1 aliphatic heterocycles. The molecule has 7 heteroatoms. The third kappa shape index (κ3) is 4.34. The number of sulfone groups is 1. The van der Waals surface area contributed by atoms with Crippen LogP contribution in [0.3, 0.4) is 0 Å². The minimum absolute atomic E-state index is 0.0679. The second kappa shape index (κ2) is 5.52. The quantitative estimate of drug-likeness (QED) is 0.846. The molecule has 1 rings (SSSR count). The third-order valence-corrected chi connectivity index (χ3v) is 4.95. The Balaban J connectivity index is 3.01. The molecular formula is C13H25NO5S. The van der Waals surface area contributed by atoms with Crippen molar-refractivity contribution in [1.82, 2.24) is 4.90 Å². The van der Waals surface area contributed by atoms with E-state index in [1.54, 1.807) is 34.6 Å². The largest absolute Gasteiger partial charge is 0.444 e. The third-order valence-electron chi connectivity index (χ3n) is 3.20. The maximum atomic E-state index is 12.4. The molecule has 0 spiro atoms. The van der Waals surface area contributed by atoms with Crippen molar-refractivity contribution in [2.45, 2.75) is 58.2 Å². The van der Waals surface area contributed by atoms with E-state index < -0.39 is 33.1 Å². The fourth-order valence-corrected chi connectivity index (χ4v) is 3.96. The smallest absolute Gasteiger partial charge is 0.411 e. The van der Waals surface area contributed by atoms with E-state index in [9.17, 15) is 18.3 Å².